The smallest absolute Gasteiger partial charge is 0.212 e. The van der Waals surface area contributed by atoms with Gasteiger partial charge < -0.3 is 14.0 Å². The quantitative estimate of drug-likeness (QED) is 0.178. The van der Waals surface area contributed by atoms with E-state index in [1.807, 2.05) is 0 Å². The highest BCUT2D eigenvalue weighted by Gasteiger charge is 2.53. The summed E-state index contributed by atoms with van der Waals surface area (Å²) in [4.78, 5) is 7.74. The van der Waals surface area contributed by atoms with Crippen LogP contribution in [-0.2, 0) is 5.54 Å². The fraction of sp³-hybridized carbons (Fsp3) is 0.0392. The van der Waals surface area contributed by atoms with Crippen LogP contribution in [-0.4, -0.2) is 25.7 Å². The Morgan fingerprint density at radius 3 is 1.59 bits per heavy atom. The van der Waals surface area contributed by atoms with E-state index in [2.05, 4.69) is 208 Å². The van der Waals surface area contributed by atoms with Crippen molar-refractivity contribution in [3.63, 3.8) is 0 Å². The van der Waals surface area contributed by atoms with Gasteiger partial charge in [-0.25, -0.2) is 4.98 Å². The van der Waals surface area contributed by atoms with Crippen molar-refractivity contribution in [1.29, 1.82) is 0 Å². The molecule has 8 aromatic carbocycles. The normalized spacial score (nSPS) is 13.9. The molecular formula is C51H33N5. The first kappa shape index (κ1) is 30.0. The molecule has 5 heteroatoms. The van der Waals surface area contributed by atoms with Crippen LogP contribution in [0.25, 0.3) is 82.8 Å². The second kappa shape index (κ2) is 10.6. The number of benzene rings is 8. The summed E-state index contributed by atoms with van der Waals surface area (Å²) < 4.78 is 7.26. The SMILES string of the molecule is CN1c2nc3ccccc3n2-c2ccc(-n3c4ccccc4c4cc5c(cc43)c3ccccc3n5-c3ccccc3)cc2C12c1ccccc1-c1ccccc12. The number of anilines is 1. The molecule has 0 amide bonds. The van der Waals surface area contributed by atoms with Gasteiger partial charge in [-0.2, -0.15) is 0 Å². The summed E-state index contributed by atoms with van der Waals surface area (Å²) in [5.41, 5.74) is 16.0. The molecular weight excluding hydrogens is 683 g/mol. The van der Waals surface area contributed by atoms with Gasteiger partial charge >= 0.3 is 0 Å². The molecule has 0 atom stereocenters. The molecule has 0 fully saturated rings. The van der Waals surface area contributed by atoms with Gasteiger partial charge in [-0.3, -0.25) is 4.57 Å². The third-order valence-corrected chi connectivity index (χ3v) is 12.6. The molecule has 3 aromatic heterocycles. The summed E-state index contributed by atoms with van der Waals surface area (Å²) in [6.45, 7) is 0. The molecule has 4 heterocycles. The fourth-order valence-electron chi connectivity index (χ4n) is 10.4. The zero-order valence-corrected chi connectivity index (χ0v) is 30.6. The Bertz CT molecular complexity index is 3410. The molecule has 0 radical (unpaired) electrons. The van der Waals surface area contributed by atoms with Gasteiger partial charge in [0, 0.05) is 45.5 Å². The summed E-state index contributed by atoms with van der Waals surface area (Å²) in [5, 5.41) is 4.95. The summed E-state index contributed by atoms with van der Waals surface area (Å²) in [6.07, 6.45) is 0. The van der Waals surface area contributed by atoms with Crippen LogP contribution < -0.4 is 4.90 Å². The van der Waals surface area contributed by atoms with Crippen molar-refractivity contribution in [1.82, 2.24) is 18.7 Å². The minimum atomic E-state index is -0.606. The number of rotatable bonds is 2. The van der Waals surface area contributed by atoms with E-state index >= 15 is 0 Å². The van der Waals surface area contributed by atoms with E-state index in [0.717, 1.165) is 34.0 Å². The predicted molar refractivity (Wildman–Crippen MR) is 230 cm³/mol. The molecule has 0 bridgehead atoms. The maximum Gasteiger partial charge on any atom is 0.212 e. The Morgan fingerprint density at radius 1 is 0.393 bits per heavy atom. The first-order chi connectivity index (χ1) is 27.7. The van der Waals surface area contributed by atoms with Crippen molar-refractivity contribution in [2.75, 3.05) is 11.9 Å². The topological polar surface area (TPSA) is 30.9 Å². The van der Waals surface area contributed by atoms with E-state index in [-0.39, 0.29) is 0 Å². The van der Waals surface area contributed by atoms with Gasteiger partial charge in [0.15, 0.2) is 0 Å². The number of fused-ring (bicyclic) bond motifs is 17. The summed E-state index contributed by atoms with van der Waals surface area (Å²) in [5.74, 6) is 0.937. The molecule has 1 aliphatic carbocycles. The number of hydrogen-bond donors (Lipinski definition) is 0. The van der Waals surface area contributed by atoms with E-state index in [4.69, 9.17) is 4.98 Å². The third-order valence-electron chi connectivity index (χ3n) is 12.6. The molecule has 0 saturated carbocycles. The van der Waals surface area contributed by atoms with Crippen LogP contribution in [0.3, 0.4) is 0 Å². The molecule has 262 valence electrons. The highest BCUT2D eigenvalue weighted by molar-refractivity contribution is 6.19. The van der Waals surface area contributed by atoms with Gasteiger partial charge in [0.25, 0.3) is 0 Å². The van der Waals surface area contributed by atoms with Crippen molar-refractivity contribution >= 4 is 60.6 Å². The van der Waals surface area contributed by atoms with E-state index in [9.17, 15) is 0 Å². The van der Waals surface area contributed by atoms with E-state index in [0.29, 0.717) is 0 Å². The van der Waals surface area contributed by atoms with Crippen LogP contribution in [0.2, 0.25) is 0 Å². The zero-order chi connectivity index (χ0) is 36.7. The highest BCUT2D eigenvalue weighted by atomic mass is 15.4. The fourth-order valence-corrected chi connectivity index (χ4v) is 10.4. The molecule has 5 nitrogen and oxygen atoms in total. The molecule has 0 N–H and O–H groups in total. The molecule has 2 aliphatic rings. The monoisotopic (exact) mass is 715 g/mol. The Morgan fingerprint density at radius 2 is 0.929 bits per heavy atom. The van der Waals surface area contributed by atoms with Crippen LogP contribution in [0, 0.1) is 0 Å². The average molecular weight is 716 g/mol. The van der Waals surface area contributed by atoms with E-state index in [1.54, 1.807) is 0 Å². The van der Waals surface area contributed by atoms with Gasteiger partial charge in [-0.1, -0.05) is 115 Å². The number of para-hydroxylation sites is 5. The van der Waals surface area contributed by atoms with E-state index < -0.39 is 5.54 Å². The molecule has 1 spiro atoms. The van der Waals surface area contributed by atoms with Gasteiger partial charge in [0.05, 0.1) is 38.8 Å². The van der Waals surface area contributed by atoms with Gasteiger partial charge in [-0.15, -0.1) is 0 Å². The Balaban J connectivity index is 1.16. The summed E-state index contributed by atoms with van der Waals surface area (Å²) in [7, 11) is 2.23. The minimum Gasteiger partial charge on any atom is -0.327 e. The Kier molecular flexibility index (Phi) is 5.71. The maximum absolute atomic E-state index is 5.31. The largest absolute Gasteiger partial charge is 0.327 e. The second-order valence-corrected chi connectivity index (χ2v) is 15.2. The van der Waals surface area contributed by atoms with E-state index in [1.165, 1.54) is 71.4 Å². The Labute approximate surface area is 322 Å². The van der Waals surface area contributed by atoms with Crippen molar-refractivity contribution in [2.24, 2.45) is 0 Å². The average Bonchev–Trinajstić information content (AvgIpc) is 3.98. The van der Waals surface area contributed by atoms with Gasteiger partial charge in [-0.05, 0) is 89.0 Å². The van der Waals surface area contributed by atoms with Gasteiger partial charge in [0.2, 0.25) is 5.95 Å². The number of imidazole rings is 1. The molecule has 11 aromatic rings. The first-order valence-corrected chi connectivity index (χ1v) is 19.3. The lowest BCUT2D eigenvalue weighted by atomic mass is 9.77. The highest BCUT2D eigenvalue weighted by Crippen LogP contribution is 2.58. The van der Waals surface area contributed by atoms with Gasteiger partial charge in [0.1, 0.15) is 5.54 Å². The van der Waals surface area contributed by atoms with Crippen LogP contribution in [0.15, 0.2) is 182 Å². The molecule has 0 unspecified atom stereocenters. The standard InChI is InChI=1S/C51H33N5/c1-53-50-52-43-23-11-14-26-47(43)56(50)46-28-27-33(29-42(46)51(53)40-21-9-5-17-34(40)35-18-6-10-22-41(35)51)55-45-25-13-8-20-37(45)39-30-48-38(31-49(39)55)36-19-7-12-24-44(36)54(48)32-15-3-2-4-16-32/h2-31H,1H3. The van der Waals surface area contributed by atoms with Crippen molar-refractivity contribution in [2.45, 2.75) is 5.54 Å². The van der Waals surface area contributed by atoms with Crippen LogP contribution >= 0.6 is 0 Å². The van der Waals surface area contributed by atoms with Crippen LogP contribution in [0.5, 0.6) is 0 Å². The third kappa shape index (κ3) is 3.58. The summed E-state index contributed by atoms with van der Waals surface area (Å²) in [6, 6.07) is 66.8. The number of aromatic nitrogens is 4. The Hall–Kier alpha value is -7.37. The molecule has 56 heavy (non-hydrogen) atoms. The molecule has 0 saturated heterocycles. The van der Waals surface area contributed by atoms with Crippen molar-refractivity contribution in [3.8, 4) is 28.2 Å². The lowest BCUT2D eigenvalue weighted by molar-refractivity contribution is 0.577. The van der Waals surface area contributed by atoms with Crippen molar-refractivity contribution < 1.29 is 0 Å². The lowest BCUT2D eigenvalue weighted by Gasteiger charge is -2.46. The lowest BCUT2D eigenvalue weighted by Crippen LogP contribution is -2.49. The predicted octanol–water partition coefficient (Wildman–Crippen LogP) is 11.9. The molecule has 1 aliphatic heterocycles. The maximum atomic E-state index is 5.31. The number of nitrogens with zero attached hydrogens (tertiary/aromatic N) is 5. The second-order valence-electron chi connectivity index (χ2n) is 15.2. The summed E-state index contributed by atoms with van der Waals surface area (Å²) >= 11 is 0. The first-order valence-electron chi connectivity index (χ1n) is 19.3. The molecule has 13 rings (SSSR count). The number of hydrogen-bond acceptors (Lipinski definition) is 2. The zero-order valence-electron chi connectivity index (χ0n) is 30.6. The van der Waals surface area contributed by atoms with Crippen LogP contribution in [0.1, 0.15) is 16.7 Å². The minimum absolute atomic E-state index is 0.606. The van der Waals surface area contributed by atoms with Crippen molar-refractivity contribution in [3.05, 3.63) is 199 Å². The van der Waals surface area contributed by atoms with Crippen LogP contribution in [0.4, 0.5) is 5.95 Å².